The van der Waals surface area contributed by atoms with E-state index >= 15 is 0 Å². The molecule has 108 valence electrons. The maximum Gasteiger partial charge on any atom is 0.139 e. The van der Waals surface area contributed by atoms with Crippen LogP contribution in [0.15, 0.2) is 54.6 Å². The Morgan fingerprint density at radius 1 is 1.00 bits per heavy atom. The van der Waals surface area contributed by atoms with Gasteiger partial charge in [0.25, 0.3) is 0 Å². The summed E-state index contributed by atoms with van der Waals surface area (Å²) in [6.07, 6.45) is 0. The molecule has 0 spiro atoms. The Labute approximate surface area is 132 Å². The summed E-state index contributed by atoms with van der Waals surface area (Å²) >= 11 is 6.04. The second-order valence-electron chi connectivity index (χ2n) is 5.11. The van der Waals surface area contributed by atoms with Crippen molar-refractivity contribution < 1.29 is 4.74 Å². The standard InChI is InChI=1S/C18H13ClN2O/c1-22-17-9-7-14(12-4-2-3-5-13(12)17)18-20-15-8-6-11(19)10-16(15)21-18/h2-10H,1H3,(H,20,21). The molecule has 0 saturated carbocycles. The number of hydrogen-bond acceptors (Lipinski definition) is 2. The summed E-state index contributed by atoms with van der Waals surface area (Å²) in [4.78, 5) is 8.02. The van der Waals surface area contributed by atoms with Crippen LogP contribution in [-0.4, -0.2) is 17.1 Å². The Morgan fingerprint density at radius 2 is 1.82 bits per heavy atom. The van der Waals surface area contributed by atoms with Crippen LogP contribution in [0.5, 0.6) is 5.75 Å². The molecule has 0 unspecified atom stereocenters. The number of rotatable bonds is 2. The fourth-order valence-corrected chi connectivity index (χ4v) is 2.94. The van der Waals surface area contributed by atoms with Crippen molar-refractivity contribution in [2.45, 2.75) is 0 Å². The minimum Gasteiger partial charge on any atom is -0.496 e. The Kier molecular flexibility index (Phi) is 3.01. The van der Waals surface area contributed by atoms with Crippen molar-refractivity contribution in [2.24, 2.45) is 0 Å². The molecule has 0 aliphatic heterocycles. The molecule has 1 heterocycles. The molecule has 3 nitrogen and oxygen atoms in total. The maximum absolute atomic E-state index is 6.04. The Balaban J connectivity index is 2.00. The quantitative estimate of drug-likeness (QED) is 0.563. The van der Waals surface area contributed by atoms with Crippen molar-refractivity contribution in [2.75, 3.05) is 7.11 Å². The van der Waals surface area contributed by atoms with Crippen molar-refractivity contribution in [3.63, 3.8) is 0 Å². The minimum absolute atomic E-state index is 0.697. The topological polar surface area (TPSA) is 37.9 Å². The predicted octanol–water partition coefficient (Wildman–Crippen LogP) is 5.05. The fraction of sp³-hybridized carbons (Fsp3) is 0.0556. The number of imidazole rings is 1. The summed E-state index contributed by atoms with van der Waals surface area (Å²) in [7, 11) is 1.69. The van der Waals surface area contributed by atoms with Crippen LogP contribution in [0, 0.1) is 0 Å². The highest BCUT2D eigenvalue weighted by atomic mass is 35.5. The van der Waals surface area contributed by atoms with Gasteiger partial charge in [-0.15, -0.1) is 0 Å². The third kappa shape index (κ3) is 2.02. The maximum atomic E-state index is 6.04. The highest BCUT2D eigenvalue weighted by Gasteiger charge is 2.11. The van der Waals surface area contributed by atoms with Crippen LogP contribution < -0.4 is 4.74 Å². The van der Waals surface area contributed by atoms with Gasteiger partial charge < -0.3 is 9.72 Å². The van der Waals surface area contributed by atoms with Crippen molar-refractivity contribution in [1.82, 2.24) is 9.97 Å². The van der Waals surface area contributed by atoms with E-state index in [-0.39, 0.29) is 0 Å². The van der Waals surface area contributed by atoms with E-state index in [1.54, 1.807) is 7.11 Å². The van der Waals surface area contributed by atoms with Gasteiger partial charge in [0.05, 0.1) is 18.1 Å². The molecule has 4 rings (SSSR count). The van der Waals surface area contributed by atoms with E-state index in [1.807, 2.05) is 42.5 Å². The highest BCUT2D eigenvalue weighted by molar-refractivity contribution is 6.31. The zero-order chi connectivity index (χ0) is 15.1. The van der Waals surface area contributed by atoms with E-state index in [0.29, 0.717) is 5.02 Å². The van der Waals surface area contributed by atoms with Gasteiger partial charge in [0.1, 0.15) is 11.6 Å². The molecule has 0 bridgehead atoms. The average Bonchev–Trinajstić information content (AvgIpc) is 2.96. The first-order valence-corrected chi connectivity index (χ1v) is 7.35. The zero-order valence-electron chi connectivity index (χ0n) is 11.9. The monoisotopic (exact) mass is 308 g/mol. The lowest BCUT2D eigenvalue weighted by atomic mass is 10.0. The molecule has 22 heavy (non-hydrogen) atoms. The van der Waals surface area contributed by atoms with Crippen molar-refractivity contribution in [3.8, 4) is 17.1 Å². The minimum atomic E-state index is 0.697. The number of methoxy groups -OCH3 is 1. The third-order valence-corrected chi connectivity index (χ3v) is 4.04. The molecule has 4 aromatic rings. The number of ether oxygens (including phenoxy) is 1. The SMILES string of the molecule is COc1ccc(-c2nc3ccc(Cl)cc3[nH]2)c2ccccc12. The molecule has 0 aliphatic carbocycles. The Bertz CT molecular complexity index is 991. The van der Waals surface area contributed by atoms with Gasteiger partial charge in [0.2, 0.25) is 0 Å². The van der Waals surface area contributed by atoms with Gasteiger partial charge in [-0.05, 0) is 35.7 Å². The van der Waals surface area contributed by atoms with Crippen molar-refractivity contribution >= 4 is 33.4 Å². The summed E-state index contributed by atoms with van der Waals surface area (Å²) in [5, 5.41) is 2.87. The molecule has 0 amide bonds. The number of benzene rings is 3. The number of nitrogens with zero attached hydrogens (tertiary/aromatic N) is 1. The number of aromatic amines is 1. The molecule has 1 N–H and O–H groups in total. The summed E-state index contributed by atoms with van der Waals surface area (Å²) < 4.78 is 5.44. The predicted molar refractivity (Wildman–Crippen MR) is 90.6 cm³/mol. The van der Waals surface area contributed by atoms with Gasteiger partial charge in [-0.3, -0.25) is 0 Å². The van der Waals surface area contributed by atoms with Gasteiger partial charge in [-0.25, -0.2) is 4.98 Å². The summed E-state index contributed by atoms with van der Waals surface area (Å²) in [5.74, 6) is 1.69. The smallest absolute Gasteiger partial charge is 0.139 e. The van der Waals surface area contributed by atoms with E-state index in [0.717, 1.165) is 38.9 Å². The molecule has 1 aromatic heterocycles. The fourth-order valence-electron chi connectivity index (χ4n) is 2.77. The molecular formula is C18H13ClN2O. The van der Waals surface area contributed by atoms with Crippen LogP contribution in [-0.2, 0) is 0 Å². The third-order valence-electron chi connectivity index (χ3n) is 3.80. The van der Waals surface area contributed by atoms with Crippen molar-refractivity contribution in [3.05, 3.63) is 59.6 Å². The van der Waals surface area contributed by atoms with Crippen LogP contribution in [0.4, 0.5) is 0 Å². The number of halogens is 1. The molecule has 3 aromatic carbocycles. The van der Waals surface area contributed by atoms with Crippen LogP contribution in [0.25, 0.3) is 33.2 Å². The zero-order valence-corrected chi connectivity index (χ0v) is 12.7. The normalized spacial score (nSPS) is 11.2. The van der Waals surface area contributed by atoms with Crippen LogP contribution in [0.3, 0.4) is 0 Å². The van der Waals surface area contributed by atoms with Gasteiger partial charge >= 0.3 is 0 Å². The largest absolute Gasteiger partial charge is 0.496 e. The molecule has 0 aliphatic rings. The van der Waals surface area contributed by atoms with E-state index in [1.165, 1.54) is 0 Å². The van der Waals surface area contributed by atoms with Gasteiger partial charge in [-0.1, -0.05) is 35.9 Å². The summed E-state index contributed by atoms with van der Waals surface area (Å²) in [5.41, 5.74) is 2.88. The number of fused-ring (bicyclic) bond motifs is 2. The van der Waals surface area contributed by atoms with Crippen LogP contribution in [0.2, 0.25) is 5.02 Å². The van der Waals surface area contributed by atoms with Gasteiger partial charge in [0.15, 0.2) is 0 Å². The molecule has 4 heteroatoms. The molecule has 0 fully saturated rings. The average molecular weight is 309 g/mol. The second kappa shape index (κ2) is 5.04. The highest BCUT2D eigenvalue weighted by Crippen LogP contribution is 2.34. The van der Waals surface area contributed by atoms with E-state index in [4.69, 9.17) is 16.3 Å². The first-order chi connectivity index (χ1) is 10.8. The van der Waals surface area contributed by atoms with Gasteiger partial charge in [-0.2, -0.15) is 0 Å². The number of hydrogen-bond donors (Lipinski definition) is 1. The molecule has 0 atom stereocenters. The number of aromatic nitrogens is 2. The summed E-state index contributed by atoms with van der Waals surface area (Å²) in [6, 6.07) is 17.8. The number of H-pyrrole nitrogens is 1. The summed E-state index contributed by atoms with van der Waals surface area (Å²) in [6.45, 7) is 0. The second-order valence-corrected chi connectivity index (χ2v) is 5.54. The lowest BCUT2D eigenvalue weighted by Crippen LogP contribution is -1.88. The molecular weight excluding hydrogens is 296 g/mol. The lowest BCUT2D eigenvalue weighted by molar-refractivity contribution is 0.420. The molecule has 0 radical (unpaired) electrons. The lowest BCUT2D eigenvalue weighted by Gasteiger charge is -2.08. The Morgan fingerprint density at radius 3 is 2.64 bits per heavy atom. The number of nitrogens with one attached hydrogen (secondary N) is 1. The van der Waals surface area contributed by atoms with E-state index in [9.17, 15) is 0 Å². The van der Waals surface area contributed by atoms with Crippen molar-refractivity contribution in [1.29, 1.82) is 0 Å². The van der Waals surface area contributed by atoms with Crippen LogP contribution in [0.1, 0.15) is 0 Å². The van der Waals surface area contributed by atoms with Crippen LogP contribution >= 0.6 is 11.6 Å². The van der Waals surface area contributed by atoms with Gasteiger partial charge in [0, 0.05) is 16.0 Å². The first kappa shape index (κ1) is 13.2. The Hall–Kier alpha value is -2.52. The molecule has 0 saturated heterocycles. The van der Waals surface area contributed by atoms with E-state index in [2.05, 4.69) is 22.1 Å². The first-order valence-electron chi connectivity index (χ1n) is 6.97. The van der Waals surface area contributed by atoms with E-state index < -0.39 is 0 Å².